The Labute approximate surface area is 147 Å². The summed E-state index contributed by atoms with van der Waals surface area (Å²) in [6.07, 6.45) is 3.89. The molecule has 1 aromatic heterocycles. The van der Waals surface area contributed by atoms with Crippen molar-refractivity contribution in [1.29, 1.82) is 0 Å². The molecular formula is C19H26N2O4. The lowest BCUT2D eigenvalue weighted by molar-refractivity contribution is -0.00951. The Balaban J connectivity index is 1.50. The van der Waals surface area contributed by atoms with Crippen LogP contribution >= 0.6 is 0 Å². The van der Waals surface area contributed by atoms with E-state index >= 15 is 0 Å². The van der Waals surface area contributed by atoms with Crippen molar-refractivity contribution in [2.75, 3.05) is 26.9 Å². The number of fused-ring (bicyclic) bond motifs is 5. The van der Waals surface area contributed by atoms with E-state index in [-0.39, 0.29) is 12.5 Å². The number of methoxy groups -OCH3 is 1. The Hall–Kier alpha value is -1.82. The van der Waals surface area contributed by atoms with Crippen molar-refractivity contribution in [1.82, 2.24) is 9.88 Å². The van der Waals surface area contributed by atoms with Crippen LogP contribution in [0.3, 0.4) is 0 Å². The zero-order chi connectivity index (χ0) is 17.7. The first-order valence-corrected chi connectivity index (χ1v) is 9.19. The molecule has 2 saturated carbocycles. The van der Waals surface area contributed by atoms with Gasteiger partial charge in [0.2, 0.25) is 0 Å². The summed E-state index contributed by atoms with van der Waals surface area (Å²) in [5.41, 5.74) is 2.40. The highest BCUT2D eigenvalue weighted by Crippen LogP contribution is 2.55. The number of likely N-dealkylation sites (tertiary alicyclic amines) is 1. The molecule has 6 heteroatoms. The number of carbonyl (C=O) groups is 2. The lowest BCUT2D eigenvalue weighted by Crippen LogP contribution is -2.61. The standard InChI is InChI=1S/C19H26N2O4/c1-10-15(19(23)25-7-6-24-3)11(2)20-16(10)18(22)21-9-14-12-4-5-13(8-12)17(14)21/h12-14,17,20H,4-9H2,1-3H3/t12-,13-,14-,17-/m0/s1. The highest BCUT2D eigenvalue weighted by atomic mass is 16.6. The van der Waals surface area contributed by atoms with Crippen LogP contribution in [0.1, 0.15) is 51.4 Å². The number of hydrogen-bond donors (Lipinski definition) is 1. The van der Waals surface area contributed by atoms with E-state index in [1.54, 1.807) is 7.11 Å². The number of nitrogens with one attached hydrogen (secondary N) is 1. The number of carbonyl (C=O) groups excluding carboxylic acids is 2. The number of amides is 1. The average Bonchev–Trinajstić information content (AvgIpc) is 3.18. The van der Waals surface area contributed by atoms with Gasteiger partial charge in [-0.15, -0.1) is 0 Å². The van der Waals surface area contributed by atoms with E-state index in [0.29, 0.717) is 47.0 Å². The third kappa shape index (κ3) is 2.49. The number of aryl methyl sites for hydroxylation is 1. The van der Waals surface area contributed by atoms with Crippen molar-refractivity contribution < 1.29 is 19.1 Å². The van der Waals surface area contributed by atoms with Gasteiger partial charge in [-0.2, -0.15) is 0 Å². The summed E-state index contributed by atoms with van der Waals surface area (Å²) in [4.78, 5) is 30.5. The molecule has 3 aliphatic rings. The van der Waals surface area contributed by atoms with Crippen LogP contribution in [-0.4, -0.2) is 54.7 Å². The van der Waals surface area contributed by atoms with Gasteiger partial charge in [-0.05, 0) is 50.5 Å². The molecule has 25 heavy (non-hydrogen) atoms. The van der Waals surface area contributed by atoms with Gasteiger partial charge in [-0.25, -0.2) is 4.79 Å². The lowest BCUT2D eigenvalue weighted by Gasteiger charge is -2.50. The summed E-state index contributed by atoms with van der Waals surface area (Å²) in [5.74, 6) is 1.85. The molecule has 136 valence electrons. The molecule has 1 amide bonds. The molecule has 1 aliphatic heterocycles. The molecule has 0 spiro atoms. The summed E-state index contributed by atoms with van der Waals surface area (Å²) in [7, 11) is 1.56. The Morgan fingerprint density at radius 1 is 1.20 bits per heavy atom. The average molecular weight is 346 g/mol. The van der Waals surface area contributed by atoms with Crippen LogP contribution in [0.25, 0.3) is 0 Å². The predicted octanol–water partition coefficient (Wildman–Crippen LogP) is 2.31. The van der Waals surface area contributed by atoms with Gasteiger partial charge in [0.05, 0.1) is 12.2 Å². The van der Waals surface area contributed by atoms with Crippen molar-refractivity contribution in [3.8, 4) is 0 Å². The van der Waals surface area contributed by atoms with Crippen molar-refractivity contribution in [3.63, 3.8) is 0 Å². The summed E-state index contributed by atoms with van der Waals surface area (Å²) in [6.45, 7) is 5.08. The molecule has 0 radical (unpaired) electrons. The minimum Gasteiger partial charge on any atom is -0.460 e. The quantitative estimate of drug-likeness (QED) is 0.656. The summed E-state index contributed by atoms with van der Waals surface area (Å²) in [6, 6.07) is 0.423. The van der Waals surface area contributed by atoms with Crippen molar-refractivity contribution in [2.45, 2.75) is 39.2 Å². The van der Waals surface area contributed by atoms with Crippen molar-refractivity contribution in [2.24, 2.45) is 17.8 Å². The maximum Gasteiger partial charge on any atom is 0.340 e. The number of rotatable bonds is 5. The van der Waals surface area contributed by atoms with E-state index in [1.807, 2.05) is 18.7 Å². The van der Waals surface area contributed by atoms with Gasteiger partial charge >= 0.3 is 5.97 Å². The topological polar surface area (TPSA) is 71.6 Å². The molecule has 3 fully saturated rings. The first-order valence-electron chi connectivity index (χ1n) is 9.19. The largest absolute Gasteiger partial charge is 0.460 e. The van der Waals surface area contributed by atoms with Gasteiger partial charge in [0, 0.05) is 31.3 Å². The fourth-order valence-corrected chi connectivity index (χ4v) is 5.26. The van der Waals surface area contributed by atoms with Crippen LogP contribution in [0.15, 0.2) is 0 Å². The Bertz CT molecular complexity index is 709. The van der Waals surface area contributed by atoms with Gasteiger partial charge < -0.3 is 19.4 Å². The molecule has 2 aliphatic carbocycles. The minimum absolute atomic E-state index is 0.0327. The molecule has 1 aromatic rings. The molecule has 1 N–H and O–H groups in total. The van der Waals surface area contributed by atoms with Gasteiger partial charge in [-0.1, -0.05) is 0 Å². The monoisotopic (exact) mass is 346 g/mol. The second-order valence-corrected chi connectivity index (χ2v) is 7.70. The van der Waals surface area contributed by atoms with Crippen LogP contribution in [-0.2, 0) is 9.47 Å². The molecular weight excluding hydrogens is 320 g/mol. The first kappa shape index (κ1) is 16.6. The summed E-state index contributed by atoms with van der Waals surface area (Å²) >= 11 is 0. The number of ether oxygens (including phenoxy) is 2. The van der Waals surface area contributed by atoms with Gasteiger partial charge in [0.1, 0.15) is 12.3 Å². The van der Waals surface area contributed by atoms with Crippen LogP contribution in [0.2, 0.25) is 0 Å². The third-order valence-electron chi connectivity index (χ3n) is 6.45. The van der Waals surface area contributed by atoms with Gasteiger partial charge in [0.15, 0.2) is 0 Å². The number of aromatic nitrogens is 1. The number of nitrogens with zero attached hydrogens (tertiary/aromatic N) is 1. The minimum atomic E-state index is -0.399. The maximum absolute atomic E-state index is 13.0. The number of esters is 1. The predicted molar refractivity (Wildman–Crippen MR) is 91.6 cm³/mol. The SMILES string of the molecule is COCCOC(=O)c1c(C)[nH]c(C(=O)N2C[C@H]3[C@H]4CC[C@@H](C4)[C@@H]32)c1C. The summed E-state index contributed by atoms with van der Waals surface area (Å²) in [5, 5.41) is 0. The molecule has 6 nitrogen and oxygen atoms in total. The van der Waals surface area contributed by atoms with E-state index in [0.717, 1.165) is 12.5 Å². The number of H-pyrrole nitrogens is 1. The van der Waals surface area contributed by atoms with Crippen molar-refractivity contribution >= 4 is 11.9 Å². The Kier molecular flexibility index (Phi) is 4.10. The third-order valence-corrected chi connectivity index (χ3v) is 6.45. The molecule has 2 bridgehead atoms. The second-order valence-electron chi connectivity index (χ2n) is 7.70. The Morgan fingerprint density at radius 3 is 2.68 bits per heavy atom. The second kappa shape index (κ2) is 6.16. The zero-order valence-electron chi connectivity index (χ0n) is 15.1. The number of hydrogen-bond acceptors (Lipinski definition) is 4. The molecule has 0 aromatic carbocycles. The lowest BCUT2D eigenvalue weighted by atomic mass is 9.76. The highest BCUT2D eigenvalue weighted by Gasteiger charge is 2.57. The van der Waals surface area contributed by atoms with Gasteiger partial charge in [-0.3, -0.25) is 4.79 Å². The Morgan fingerprint density at radius 2 is 1.96 bits per heavy atom. The van der Waals surface area contributed by atoms with E-state index in [4.69, 9.17) is 9.47 Å². The van der Waals surface area contributed by atoms with Crippen molar-refractivity contribution in [3.05, 3.63) is 22.5 Å². The van der Waals surface area contributed by atoms with Crippen LogP contribution in [0.5, 0.6) is 0 Å². The smallest absolute Gasteiger partial charge is 0.340 e. The molecule has 4 atom stereocenters. The van der Waals surface area contributed by atoms with E-state index in [9.17, 15) is 9.59 Å². The normalized spacial score (nSPS) is 29.5. The van der Waals surface area contributed by atoms with Crippen LogP contribution < -0.4 is 0 Å². The molecule has 0 unspecified atom stereocenters. The van der Waals surface area contributed by atoms with Crippen LogP contribution in [0, 0.1) is 31.6 Å². The fraction of sp³-hybridized carbons (Fsp3) is 0.684. The summed E-state index contributed by atoms with van der Waals surface area (Å²) < 4.78 is 10.1. The van der Waals surface area contributed by atoms with Gasteiger partial charge in [0.25, 0.3) is 5.91 Å². The zero-order valence-corrected chi connectivity index (χ0v) is 15.1. The highest BCUT2D eigenvalue weighted by molar-refractivity contribution is 6.01. The van der Waals surface area contributed by atoms with E-state index in [2.05, 4.69) is 4.98 Å². The number of aromatic amines is 1. The molecule has 2 heterocycles. The molecule has 4 rings (SSSR count). The van der Waals surface area contributed by atoms with E-state index in [1.165, 1.54) is 19.3 Å². The van der Waals surface area contributed by atoms with Crippen LogP contribution in [0.4, 0.5) is 0 Å². The fourth-order valence-electron chi connectivity index (χ4n) is 5.26. The maximum atomic E-state index is 13.0. The first-order chi connectivity index (χ1) is 12.0. The molecule has 1 saturated heterocycles. The van der Waals surface area contributed by atoms with E-state index < -0.39 is 5.97 Å².